The van der Waals surface area contributed by atoms with Crippen LogP contribution in [0.1, 0.15) is 12.0 Å². The lowest BCUT2D eigenvalue weighted by Crippen LogP contribution is -2.40. The Hall–Kier alpha value is -2.35. The molecule has 136 valence electrons. The number of ether oxygens (including phenoxy) is 2. The Kier molecular flexibility index (Phi) is 6.19. The Labute approximate surface area is 147 Å². The minimum absolute atomic E-state index is 0.0411. The molecular formula is C17H21NO6S. The molecule has 1 unspecified atom stereocenters. The maximum absolute atomic E-state index is 12.0. The quantitative estimate of drug-likeness (QED) is 0.548. The topological polar surface area (TPSA) is 90.0 Å². The number of rotatable bonds is 6. The molecule has 25 heavy (non-hydrogen) atoms. The number of hydrogen-bond donors (Lipinski definition) is 0. The summed E-state index contributed by atoms with van der Waals surface area (Å²) in [5.74, 6) is -0.313. The molecule has 0 radical (unpaired) electrons. The second-order valence-electron chi connectivity index (χ2n) is 5.78. The van der Waals surface area contributed by atoms with E-state index < -0.39 is 28.3 Å². The van der Waals surface area contributed by atoms with Crippen molar-refractivity contribution < 1.29 is 27.5 Å². The van der Waals surface area contributed by atoms with Crippen molar-refractivity contribution in [2.24, 2.45) is 0 Å². The van der Waals surface area contributed by atoms with Gasteiger partial charge in [0.05, 0.1) is 18.6 Å². The average molecular weight is 367 g/mol. The smallest absolute Gasteiger partial charge is 0.331 e. The van der Waals surface area contributed by atoms with Crippen molar-refractivity contribution in [3.8, 4) is 5.75 Å². The van der Waals surface area contributed by atoms with Gasteiger partial charge in [-0.05, 0) is 30.2 Å². The van der Waals surface area contributed by atoms with Crippen molar-refractivity contribution in [2.45, 2.75) is 12.5 Å². The number of nitrogens with zero attached hydrogens (tertiary/aromatic N) is 1. The van der Waals surface area contributed by atoms with Crippen molar-refractivity contribution >= 4 is 27.8 Å². The third kappa shape index (κ3) is 5.60. The second kappa shape index (κ2) is 8.15. The van der Waals surface area contributed by atoms with Crippen molar-refractivity contribution in [1.82, 2.24) is 4.90 Å². The molecule has 2 rings (SSSR count). The normalized spacial score (nSPS) is 18.9. The van der Waals surface area contributed by atoms with Crippen molar-refractivity contribution in [3.05, 3.63) is 35.9 Å². The first kappa shape index (κ1) is 19.0. The lowest BCUT2D eigenvalue weighted by molar-refractivity contribution is -0.148. The Morgan fingerprint density at radius 2 is 1.96 bits per heavy atom. The highest BCUT2D eigenvalue weighted by molar-refractivity contribution is 7.91. The van der Waals surface area contributed by atoms with Crippen LogP contribution in [0.5, 0.6) is 5.75 Å². The molecule has 0 aromatic heterocycles. The summed E-state index contributed by atoms with van der Waals surface area (Å²) in [5.41, 5.74) is 0.789. The fourth-order valence-electron chi connectivity index (χ4n) is 2.45. The zero-order valence-corrected chi connectivity index (χ0v) is 15.0. The van der Waals surface area contributed by atoms with Crippen LogP contribution in [0.15, 0.2) is 30.3 Å². The first-order chi connectivity index (χ1) is 11.8. The predicted molar refractivity (Wildman–Crippen MR) is 92.8 cm³/mol. The standard InChI is InChI=1S/C17H21NO6S/c1-18(14-9-10-25(21,22)12-14)16(19)11-24-17(20)8-5-13-3-6-15(23-2)7-4-13/h3-8,14H,9-12H2,1-2H3. The van der Waals surface area contributed by atoms with E-state index in [1.807, 2.05) is 0 Å². The van der Waals surface area contributed by atoms with Crippen LogP contribution in [-0.2, 0) is 24.2 Å². The van der Waals surface area contributed by atoms with Crippen molar-refractivity contribution in [2.75, 3.05) is 32.3 Å². The second-order valence-corrected chi connectivity index (χ2v) is 8.00. The van der Waals surface area contributed by atoms with E-state index in [1.54, 1.807) is 37.5 Å². The third-order valence-corrected chi connectivity index (χ3v) is 5.77. The van der Waals surface area contributed by atoms with E-state index in [0.717, 1.165) is 5.56 Å². The Balaban J connectivity index is 1.80. The van der Waals surface area contributed by atoms with E-state index in [0.29, 0.717) is 12.2 Å². The predicted octanol–water partition coefficient (Wildman–Crippen LogP) is 0.897. The van der Waals surface area contributed by atoms with Crippen LogP contribution in [0, 0.1) is 0 Å². The molecule has 0 aliphatic carbocycles. The average Bonchev–Trinajstić information content (AvgIpc) is 2.97. The SMILES string of the molecule is COc1ccc(C=CC(=O)OCC(=O)N(C)C2CCS(=O)(=O)C2)cc1. The monoisotopic (exact) mass is 367 g/mol. The van der Waals surface area contributed by atoms with Crippen LogP contribution in [0.25, 0.3) is 6.08 Å². The summed E-state index contributed by atoms with van der Waals surface area (Å²) in [6, 6.07) is 6.73. The molecule has 7 nitrogen and oxygen atoms in total. The van der Waals surface area contributed by atoms with Crippen molar-refractivity contribution in [1.29, 1.82) is 0 Å². The fourth-order valence-corrected chi connectivity index (χ4v) is 4.22. The van der Waals surface area contributed by atoms with Gasteiger partial charge in [0.2, 0.25) is 0 Å². The molecule has 0 bridgehead atoms. The van der Waals surface area contributed by atoms with Crippen LogP contribution < -0.4 is 4.74 Å². The molecule has 0 spiro atoms. The Bertz CT molecular complexity index is 754. The summed E-state index contributed by atoms with van der Waals surface area (Å²) in [7, 11) is 0.0180. The highest BCUT2D eigenvalue weighted by Gasteiger charge is 2.32. The molecule has 8 heteroatoms. The lowest BCUT2D eigenvalue weighted by Gasteiger charge is -2.22. The van der Waals surface area contributed by atoms with Gasteiger partial charge in [0.15, 0.2) is 16.4 Å². The zero-order valence-electron chi connectivity index (χ0n) is 14.2. The highest BCUT2D eigenvalue weighted by Crippen LogP contribution is 2.16. The van der Waals surface area contributed by atoms with Gasteiger partial charge in [-0.1, -0.05) is 12.1 Å². The number of hydrogen-bond acceptors (Lipinski definition) is 6. The molecule has 1 atom stereocenters. The fraction of sp³-hybridized carbons (Fsp3) is 0.412. The number of carbonyl (C=O) groups excluding carboxylic acids is 2. The Morgan fingerprint density at radius 3 is 2.52 bits per heavy atom. The summed E-state index contributed by atoms with van der Waals surface area (Å²) in [6.45, 7) is -0.418. The van der Waals surface area contributed by atoms with Gasteiger partial charge in [0.1, 0.15) is 5.75 Å². The van der Waals surface area contributed by atoms with Gasteiger partial charge in [0, 0.05) is 19.2 Å². The largest absolute Gasteiger partial charge is 0.497 e. The van der Waals surface area contributed by atoms with Gasteiger partial charge in [-0.15, -0.1) is 0 Å². The maximum Gasteiger partial charge on any atom is 0.331 e. The van der Waals surface area contributed by atoms with E-state index in [1.165, 1.54) is 18.0 Å². The summed E-state index contributed by atoms with van der Waals surface area (Å²) in [4.78, 5) is 25.0. The van der Waals surface area contributed by atoms with E-state index in [9.17, 15) is 18.0 Å². The van der Waals surface area contributed by atoms with Crippen LogP contribution in [0.4, 0.5) is 0 Å². The van der Waals surface area contributed by atoms with Gasteiger partial charge >= 0.3 is 5.97 Å². The van der Waals surface area contributed by atoms with Gasteiger partial charge in [-0.25, -0.2) is 13.2 Å². The minimum atomic E-state index is -3.07. The van der Waals surface area contributed by atoms with Crippen LogP contribution in [0.3, 0.4) is 0 Å². The Morgan fingerprint density at radius 1 is 1.28 bits per heavy atom. The third-order valence-electron chi connectivity index (χ3n) is 4.02. The highest BCUT2D eigenvalue weighted by atomic mass is 32.2. The lowest BCUT2D eigenvalue weighted by atomic mass is 10.2. The van der Waals surface area contributed by atoms with Crippen molar-refractivity contribution in [3.63, 3.8) is 0 Å². The molecule has 1 aliphatic rings. The number of amides is 1. The summed E-state index contributed by atoms with van der Waals surface area (Å²) < 4.78 is 32.9. The number of likely N-dealkylation sites (N-methyl/N-ethyl adjacent to an activating group) is 1. The van der Waals surface area contributed by atoms with E-state index in [-0.39, 0.29) is 17.5 Å². The number of methoxy groups -OCH3 is 1. The number of carbonyl (C=O) groups is 2. The molecule has 0 N–H and O–H groups in total. The van der Waals surface area contributed by atoms with Crippen LogP contribution >= 0.6 is 0 Å². The molecule has 0 saturated carbocycles. The number of sulfone groups is 1. The summed E-state index contributed by atoms with van der Waals surface area (Å²) >= 11 is 0. The molecule has 1 amide bonds. The van der Waals surface area contributed by atoms with E-state index >= 15 is 0 Å². The molecule has 1 fully saturated rings. The van der Waals surface area contributed by atoms with Gasteiger partial charge in [0.25, 0.3) is 5.91 Å². The van der Waals surface area contributed by atoms with Crippen LogP contribution in [-0.4, -0.2) is 63.5 Å². The maximum atomic E-state index is 12.0. The molecule has 1 aromatic rings. The number of benzene rings is 1. The summed E-state index contributed by atoms with van der Waals surface area (Å²) in [5, 5.41) is 0. The van der Waals surface area contributed by atoms with E-state index in [2.05, 4.69) is 0 Å². The first-order valence-electron chi connectivity index (χ1n) is 7.76. The molecule has 1 aromatic carbocycles. The van der Waals surface area contributed by atoms with E-state index in [4.69, 9.17) is 9.47 Å². The summed E-state index contributed by atoms with van der Waals surface area (Å²) in [6.07, 6.45) is 3.21. The minimum Gasteiger partial charge on any atom is -0.497 e. The van der Waals surface area contributed by atoms with Crippen LogP contribution in [0.2, 0.25) is 0 Å². The molecule has 1 heterocycles. The molecule has 1 aliphatic heterocycles. The molecular weight excluding hydrogens is 346 g/mol. The first-order valence-corrected chi connectivity index (χ1v) is 9.58. The molecule has 1 saturated heterocycles. The van der Waals surface area contributed by atoms with Gasteiger partial charge < -0.3 is 14.4 Å². The zero-order chi connectivity index (χ0) is 18.4. The van der Waals surface area contributed by atoms with Gasteiger partial charge in [-0.2, -0.15) is 0 Å². The van der Waals surface area contributed by atoms with Gasteiger partial charge in [-0.3, -0.25) is 4.79 Å². The number of esters is 1.